The lowest BCUT2D eigenvalue weighted by Gasteiger charge is -2.17. The number of alkyl halides is 1. The van der Waals surface area contributed by atoms with Crippen molar-refractivity contribution in [3.63, 3.8) is 0 Å². The van der Waals surface area contributed by atoms with E-state index in [1.165, 1.54) is 12.8 Å². The molecule has 0 bridgehead atoms. The van der Waals surface area contributed by atoms with Gasteiger partial charge in [0.05, 0.1) is 20.3 Å². The maximum absolute atomic E-state index is 6.33. The van der Waals surface area contributed by atoms with Crippen LogP contribution in [0.15, 0.2) is 12.1 Å². The van der Waals surface area contributed by atoms with Crippen LogP contribution in [0, 0.1) is 0 Å². The molecule has 0 aliphatic carbocycles. The molecule has 1 aliphatic rings. The van der Waals surface area contributed by atoms with Crippen LogP contribution in [0.2, 0.25) is 5.02 Å². The average molecular weight is 364 g/mol. The Kier molecular flexibility index (Phi) is 6.00. The number of hydrogen-bond acceptors (Lipinski definition) is 3. The molecule has 0 N–H and O–H groups in total. The van der Waals surface area contributed by atoms with Gasteiger partial charge in [0.1, 0.15) is 0 Å². The van der Waals surface area contributed by atoms with Crippen LogP contribution in [0.25, 0.3) is 0 Å². The number of ether oxygens (including phenoxy) is 3. The third kappa shape index (κ3) is 3.80. The molecular weight excluding hydrogens is 344 g/mol. The quantitative estimate of drug-likeness (QED) is 0.682. The Bertz CT molecular complexity index is 447. The summed E-state index contributed by atoms with van der Waals surface area (Å²) < 4.78 is 16.2. The Morgan fingerprint density at radius 3 is 2.65 bits per heavy atom. The van der Waals surface area contributed by atoms with Crippen molar-refractivity contribution >= 4 is 27.5 Å². The molecule has 1 fully saturated rings. The maximum Gasteiger partial charge on any atom is 0.162 e. The van der Waals surface area contributed by atoms with E-state index in [0.717, 1.165) is 25.0 Å². The van der Waals surface area contributed by atoms with E-state index in [9.17, 15) is 0 Å². The molecule has 2 atom stereocenters. The summed E-state index contributed by atoms with van der Waals surface area (Å²) in [4.78, 5) is 0.194. The number of rotatable bonds is 6. The first kappa shape index (κ1) is 15.9. The van der Waals surface area contributed by atoms with E-state index in [2.05, 4.69) is 15.9 Å². The van der Waals surface area contributed by atoms with Crippen molar-refractivity contribution in [1.82, 2.24) is 0 Å². The summed E-state index contributed by atoms with van der Waals surface area (Å²) in [6.45, 7) is 0.898. The number of halogens is 2. The highest BCUT2D eigenvalue weighted by Crippen LogP contribution is 2.40. The van der Waals surface area contributed by atoms with Crippen molar-refractivity contribution in [1.29, 1.82) is 0 Å². The minimum atomic E-state index is 0.194. The zero-order valence-electron chi connectivity index (χ0n) is 11.8. The minimum absolute atomic E-state index is 0.194. The highest BCUT2D eigenvalue weighted by molar-refractivity contribution is 9.09. The fourth-order valence-electron chi connectivity index (χ4n) is 2.47. The van der Waals surface area contributed by atoms with Gasteiger partial charge in [-0.1, -0.05) is 27.5 Å². The van der Waals surface area contributed by atoms with Crippen LogP contribution < -0.4 is 9.47 Å². The largest absolute Gasteiger partial charge is 0.493 e. The summed E-state index contributed by atoms with van der Waals surface area (Å²) in [6.07, 6.45) is 4.77. The van der Waals surface area contributed by atoms with E-state index < -0.39 is 0 Å². The third-order valence-electron chi connectivity index (χ3n) is 3.61. The normalized spacial score (nSPS) is 19.9. The molecule has 0 amide bonds. The molecule has 1 saturated heterocycles. The lowest BCUT2D eigenvalue weighted by Crippen LogP contribution is -2.06. The van der Waals surface area contributed by atoms with Crippen molar-refractivity contribution in [2.45, 2.75) is 36.6 Å². The SMILES string of the molecule is COc1cc(Cl)c(C(Br)CCC2CCCO2)cc1OC. The van der Waals surface area contributed by atoms with E-state index in [1.807, 2.05) is 6.07 Å². The van der Waals surface area contributed by atoms with Gasteiger partial charge in [0.2, 0.25) is 0 Å². The van der Waals surface area contributed by atoms with Crippen molar-refractivity contribution < 1.29 is 14.2 Å². The van der Waals surface area contributed by atoms with E-state index in [4.69, 9.17) is 25.8 Å². The molecule has 1 aliphatic heterocycles. The van der Waals surface area contributed by atoms with Crippen LogP contribution in [0.1, 0.15) is 36.1 Å². The summed E-state index contributed by atoms with van der Waals surface area (Å²) in [6, 6.07) is 3.74. The highest BCUT2D eigenvalue weighted by Gasteiger charge is 2.20. The number of hydrogen-bond donors (Lipinski definition) is 0. The average Bonchev–Trinajstić information content (AvgIpc) is 2.97. The Morgan fingerprint density at radius 1 is 1.35 bits per heavy atom. The predicted molar refractivity (Wildman–Crippen MR) is 84.4 cm³/mol. The zero-order valence-corrected chi connectivity index (χ0v) is 14.2. The Labute approximate surface area is 133 Å². The molecule has 0 aromatic heterocycles. The number of benzene rings is 1. The van der Waals surface area contributed by atoms with E-state index >= 15 is 0 Å². The smallest absolute Gasteiger partial charge is 0.162 e. The van der Waals surface area contributed by atoms with Crippen LogP contribution in [0.5, 0.6) is 11.5 Å². The van der Waals surface area contributed by atoms with Gasteiger partial charge >= 0.3 is 0 Å². The second kappa shape index (κ2) is 7.53. The lowest BCUT2D eigenvalue weighted by molar-refractivity contribution is 0.102. The van der Waals surface area contributed by atoms with E-state index in [0.29, 0.717) is 22.6 Å². The fraction of sp³-hybridized carbons (Fsp3) is 0.600. The molecule has 112 valence electrons. The summed E-state index contributed by atoms with van der Waals surface area (Å²) in [7, 11) is 3.24. The monoisotopic (exact) mass is 362 g/mol. The van der Waals surface area contributed by atoms with Gasteiger partial charge < -0.3 is 14.2 Å². The topological polar surface area (TPSA) is 27.7 Å². The molecule has 1 aromatic carbocycles. The van der Waals surface area contributed by atoms with Gasteiger partial charge in [0.15, 0.2) is 11.5 Å². The Balaban J connectivity index is 2.06. The second-order valence-electron chi connectivity index (χ2n) is 4.91. The summed E-state index contributed by atoms with van der Waals surface area (Å²) >= 11 is 10.0. The highest BCUT2D eigenvalue weighted by atomic mass is 79.9. The summed E-state index contributed by atoms with van der Waals surface area (Å²) in [5.41, 5.74) is 1.03. The van der Waals surface area contributed by atoms with Crippen LogP contribution >= 0.6 is 27.5 Å². The fourth-order valence-corrected chi connectivity index (χ4v) is 3.53. The molecule has 0 spiro atoms. The molecular formula is C15H20BrClO3. The van der Waals surface area contributed by atoms with Crippen molar-refractivity contribution in [3.8, 4) is 11.5 Å². The molecule has 5 heteroatoms. The van der Waals surface area contributed by atoms with Crippen LogP contribution in [-0.2, 0) is 4.74 Å². The van der Waals surface area contributed by atoms with Crippen molar-refractivity contribution in [2.24, 2.45) is 0 Å². The van der Waals surface area contributed by atoms with Gasteiger partial charge in [-0.3, -0.25) is 0 Å². The van der Waals surface area contributed by atoms with Gasteiger partial charge in [0, 0.05) is 22.5 Å². The molecule has 2 unspecified atom stereocenters. The molecule has 20 heavy (non-hydrogen) atoms. The standard InChI is InChI=1S/C15H20BrClO3/c1-18-14-8-11(13(17)9-15(14)19-2)12(16)6-5-10-4-3-7-20-10/h8-10,12H,3-7H2,1-2H3. The van der Waals surface area contributed by atoms with E-state index in [1.54, 1.807) is 20.3 Å². The van der Waals surface area contributed by atoms with Gasteiger partial charge in [-0.2, -0.15) is 0 Å². The minimum Gasteiger partial charge on any atom is -0.493 e. The van der Waals surface area contributed by atoms with Gasteiger partial charge in [-0.05, 0) is 37.3 Å². The van der Waals surface area contributed by atoms with Crippen LogP contribution in [-0.4, -0.2) is 26.9 Å². The van der Waals surface area contributed by atoms with Crippen molar-refractivity contribution in [3.05, 3.63) is 22.7 Å². The van der Waals surface area contributed by atoms with Crippen LogP contribution in [0.4, 0.5) is 0 Å². The van der Waals surface area contributed by atoms with E-state index in [-0.39, 0.29) is 4.83 Å². The Hall–Kier alpha value is -0.450. The first-order chi connectivity index (χ1) is 9.65. The van der Waals surface area contributed by atoms with Crippen LogP contribution in [0.3, 0.4) is 0 Å². The molecule has 0 radical (unpaired) electrons. The molecule has 1 heterocycles. The van der Waals surface area contributed by atoms with Gasteiger partial charge in [-0.25, -0.2) is 0 Å². The zero-order chi connectivity index (χ0) is 14.5. The summed E-state index contributed by atoms with van der Waals surface area (Å²) in [5, 5.41) is 0.692. The molecule has 3 nitrogen and oxygen atoms in total. The summed E-state index contributed by atoms with van der Waals surface area (Å²) in [5.74, 6) is 1.36. The maximum atomic E-state index is 6.33. The first-order valence-corrected chi connectivity index (χ1v) is 8.12. The molecule has 1 aromatic rings. The Morgan fingerprint density at radius 2 is 2.05 bits per heavy atom. The second-order valence-corrected chi connectivity index (χ2v) is 6.42. The molecule has 0 saturated carbocycles. The first-order valence-electron chi connectivity index (χ1n) is 6.82. The molecule has 2 rings (SSSR count). The van der Waals surface area contributed by atoms with Gasteiger partial charge in [0.25, 0.3) is 0 Å². The predicted octanol–water partition coefficient (Wildman–Crippen LogP) is 4.75. The van der Waals surface area contributed by atoms with Crippen molar-refractivity contribution in [2.75, 3.05) is 20.8 Å². The lowest BCUT2D eigenvalue weighted by atomic mass is 10.0. The number of methoxy groups -OCH3 is 2. The third-order valence-corrected chi connectivity index (χ3v) is 4.88. The van der Waals surface area contributed by atoms with Gasteiger partial charge in [-0.15, -0.1) is 0 Å².